The molecule has 0 radical (unpaired) electrons. The van der Waals surface area contributed by atoms with Crippen molar-refractivity contribution in [3.63, 3.8) is 0 Å². The maximum atomic E-state index is 14.3. The van der Waals surface area contributed by atoms with Crippen LogP contribution in [0.5, 0.6) is 0 Å². The van der Waals surface area contributed by atoms with E-state index in [0.717, 1.165) is 23.3 Å². The number of halogens is 2. The normalized spacial score (nSPS) is 41.9. The molecule has 3 N–H and O–H groups in total. The van der Waals surface area contributed by atoms with Crippen LogP contribution in [0, 0.1) is 46.1 Å². The molecule has 2 unspecified atom stereocenters. The zero-order valence-corrected chi connectivity index (χ0v) is 19.8. The van der Waals surface area contributed by atoms with Crippen LogP contribution in [-0.2, 0) is 16.1 Å². The lowest BCUT2D eigenvalue weighted by Gasteiger charge is -2.42. The second kappa shape index (κ2) is 7.32. The molecule has 4 saturated carbocycles. The number of allylic oxidation sites excluding steroid dienone is 2. The van der Waals surface area contributed by atoms with Gasteiger partial charge in [0.2, 0.25) is 5.91 Å². The molecular weight excluding hydrogens is 452 g/mol. The Labute approximate surface area is 203 Å². The fourth-order valence-corrected chi connectivity index (χ4v) is 8.59. The highest BCUT2D eigenvalue weighted by atomic mass is 19.1. The van der Waals surface area contributed by atoms with Crippen LogP contribution in [0.2, 0.25) is 0 Å². The number of aliphatic hydroxyl groups excluding tert-OH is 1. The van der Waals surface area contributed by atoms with Crippen LogP contribution in [0.25, 0.3) is 0 Å². The maximum Gasteiger partial charge on any atom is 0.224 e. The molecule has 5 aliphatic carbocycles. The molecule has 35 heavy (non-hydrogen) atoms. The Bertz CT molecular complexity index is 1170. The fraction of sp³-hybridized carbons (Fsp3) is 0.571. The second-order valence-electron chi connectivity index (χ2n) is 11.6. The molecule has 1 aromatic rings. The van der Waals surface area contributed by atoms with Crippen LogP contribution in [0.4, 0.5) is 8.78 Å². The summed E-state index contributed by atoms with van der Waals surface area (Å²) in [5.74, 6) is -3.00. The number of hydrogen-bond donors (Lipinski definition) is 3. The number of Topliss-reactive ketones (excluding diaryl/α,β-unsaturated/α-hetero) is 1. The van der Waals surface area contributed by atoms with Crippen LogP contribution in [-0.4, -0.2) is 33.6 Å². The first-order chi connectivity index (χ1) is 16.5. The van der Waals surface area contributed by atoms with E-state index >= 15 is 0 Å². The van der Waals surface area contributed by atoms with Gasteiger partial charge < -0.3 is 15.5 Å². The van der Waals surface area contributed by atoms with E-state index in [4.69, 9.17) is 0 Å². The van der Waals surface area contributed by atoms with Gasteiger partial charge in [-0.1, -0.05) is 24.3 Å². The third kappa shape index (κ3) is 2.91. The molecule has 0 heterocycles. The number of carbonyl (C=O) groups is 2. The first-order valence-electron chi connectivity index (χ1n) is 12.6. The average molecular weight is 484 g/mol. The summed E-state index contributed by atoms with van der Waals surface area (Å²) in [6.45, 7) is 5.55. The van der Waals surface area contributed by atoms with Crippen molar-refractivity contribution >= 4 is 11.7 Å². The van der Waals surface area contributed by atoms with Gasteiger partial charge in [0, 0.05) is 35.8 Å². The first kappa shape index (κ1) is 23.0. The van der Waals surface area contributed by atoms with Gasteiger partial charge in [0.25, 0.3) is 0 Å². The molecule has 7 heteroatoms. The number of aliphatic hydroxyl groups is 2. The zero-order valence-electron chi connectivity index (χ0n) is 19.8. The Morgan fingerprint density at radius 1 is 1.29 bits per heavy atom. The van der Waals surface area contributed by atoms with Gasteiger partial charge >= 0.3 is 0 Å². The van der Waals surface area contributed by atoms with E-state index in [0.29, 0.717) is 38.5 Å². The number of hydrogen-bond acceptors (Lipinski definition) is 4. The quantitative estimate of drug-likeness (QED) is 0.572. The highest BCUT2D eigenvalue weighted by molar-refractivity contribution is 6.03. The molecule has 0 aliphatic heterocycles. The van der Waals surface area contributed by atoms with Crippen molar-refractivity contribution in [1.29, 1.82) is 0 Å². The number of benzene rings is 1. The minimum absolute atomic E-state index is 0.0354. The molecule has 8 atom stereocenters. The Morgan fingerprint density at radius 3 is 2.60 bits per heavy atom. The largest absolute Gasteiger partial charge is 0.393 e. The number of amides is 1. The lowest BCUT2D eigenvalue weighted by Crippen LogP contribution is -2.48. The molecule has 186 valence electrons. The molecular formula is C28H31F2NO4. The molecule has 1 aromatic carbocycles. The van der Waals surface area contributed by atoms with Gasteiger partial charge in [0.15, 0.2) is 0 Å². The molecule has 2 spiro atoms. The predicted molar refractivity (Wildman–Crippen MR) is 124 cm³/mol. The van der Waals surface area contributed by atoms with Crippen LogP contribution in [0.1, 0.15) is 51.0 Å². The van der Waals surface area contributed by atoms with Crippen molar-refractivity contribution in [1.82, 2.24) is 5.32 Å². The van der Waals surface area contributed by atoms with Crippen LogP contribution >= 0.6 is 0 Å². The van der Waals surface area contributed by atoms with Gasteiger partial charge in [0.05, 0.1) is 17.6 Å². The minimum Gasteiger partial charge on any atom is -0.393 e. The molecule has 1 amide bonds. The Morgan fingerprint density at radius 2 is 1.97 bits per heavy atom. The van der Waals surface area contributed by atoms with Crippen LogP contribution in [0.3, 0.4) is 0 Å². The van der Waals surface area contributed by atoms with E-state index < -0.39 is 40.1 Å². The van der Waals surface area contributed by atoms with Gasteiger partial charge in [-0.25, -0.2) is 8.78 Å². The number of rotatable bonds is 4. The Kier molecular flexibility index (Phi) is 4.82. The SMILES string of the molecule is C=C1C[C@]23C[C@@]1(O)CC[C@H]2C1=CC[C@H](C(C)O)[C@]2(CC2=O)C1[C@@H]3C(=O)NCc1c(F)cccc1F. The summed E-state index contributed by atoms with van der Waals surface area (Å²) in [4.78, 5) is 27.0. The standard InChI is InChI=1S/C28H31F2NO4/c1-14-10-26-13-27(14,35)9-8-19(26)16-6-7-18(15(2)32)28(11-22(28)33)23(16)24(26)25(34)31-12-17-20(29)4-3-5-21(17)30/h3-6,15,18-19,23-24,32,35H,1,7-13H2,2H3,(H,31,34)/t15?,18-,19+,23?,24-,26+,27+,28+/m1/s1. The smallest absolute Gasteiger partial charge is 0.224 e. The van der Waals surface area contributed by atoms with Crippen molar-refractivity contribution in [3.8, 4) is 0 Å². The van der Waals surface area contributed by atoms with E-state index in [1.165, 1.54) is 6.07 Å². The lowest BCUT2D eigenvalue weighted by molar-refractivity contribution is -0.135. The highest BCUT2D eigenvalue weighted by Crippen LogP contribution is 2.77. The molecule has 0 saturated heterocycles. The number of fused-ring (bicyclic) bond motifs is 4. The van der Waals surface area contributed by atoms with E-state index in [2.05, 4.69) is 18.0 Å². The van der Waals surface area contributed by atoms with Crippen LogP contribution in [0.15, 0.2) is 42.0 Å². The van der Waals surface area contributed by atoms with Gasteiger partial charge in [-0.15, -0.1) is 0 Å². The second-order valence-corrected chi connectivity index (χ2v) is 11.6. The third-order valence-electron chi connectivity index (χ3n) is 10.1. The maximum absolute atomic E-state index is 14.3. The summed E-state index contributed by atoms with van der Waals surface area (Å²) in [7, 11) is 0. The topological polar surface area (TPSA) is 86.6 Å². The molecule has 0 aromatic heterocycles. The zero-order chi connectivity index (χ0) is 24.9. The van der Waals surface area contributed by atoms with Crippen molar-refractivity contribution < 1.29 is 28.6 Å². The van der Waals surface area contributed by atoms with Gasteiger partial charge in [-0.3, -0.25) is 9.59 Å². The summed E-state index contributed by atoms with van der Waals surface area (Å²) < 4.78 is 28.5. The number of carbonyl (C=O) groups excluding carboxylic acids is 2. The van der Waals surface area contributed by atoms with Crippen LogP contribution < -0.4 is 5.32 Å². The minimum atomic E-state index is -1.04. The summed E-state index contributed by atoms with van der Waals surface area (Å²) in [5, 5.41) is 24.7. The van der Waals surface area contributed by atoms with Crippen molar-refractivity contribution in [3.05, 3.63) is 59.2 Å². The first-order valence-corrected chi connectivity index (χ1v) is 12.6. The molecule has 5 nitrogen and oxygen atoms in total. The summed E-state index contributed by atoms with van der Waals surface area (Å²) in [6.07, 6.45) is 4.48. The Hall–Kier alpha value is -2.38. The van der Waals surface area contributed by atoms with Gasteiger partial charge in [-0.2, -0.15) is 0 Å². The lowest BCUT2D eigenvalue weighted by atomic mass is 9.61. The molecule has 4 fully saturated rings. The third-order valence-corrected chi connectivity index (χ3v) is 10.1. The summed E-state index contributed by atoms with van der Waals surface area (Å²) in [6, 6.07) is 3.59. The molecule has 6 rings (SSSR count). The predicted octanol–water partition coefficient (Wildman–Crippen LogP) is 3.59. The number of nitrogens with one attached hydrogen (secondary N) is 1. The molecule has 2 bridgehead atoms. The van der Waals surface area contributed by atoms with Crippen molar-refractivity contribution in [2.45, 2.75) is 63.7 Å². The van der Waals surface area contributed by atoms with E-state index in [1.54, 1.807) is 6.92 Å². The average Bonchev–Trinajstić information content (AvgIpc) is 3.26. The van der Waals surface area contributed by atoms with Crippen molar-refractivity contribution in [2.24, 2.45) is 34.5 Å². The monoisotopic (exact) mass is 483 g/mol. The fourth-order valence-electron chi connectivity index (χ4n) is 8.59. The summed E-state index contributed by atoms with van der Waals surface area (Å²) in [5.41, 5.74) is -0.811. The summed E-state index contributed by atoms with van der Waals surface area (Å²) >= 11 is 0. The van der Waals surface area contributed by atoms with Gasteiger partial charge in [0.1, 0.15) is 17.4 Å². The van der Waals surface area contributed by atoms with E-state index in [1.807, 2.05) is 0 Å². The van der Waals surface area contributed by atoms with Gasteiger partial charge in [-0.05, 0) is 68.1 Å². The van der Waals surface area contributed by atoms with E-state index in [9.17, 15) is 28.6 Å². The molecule has 5 aliphatic rings. The highest BCUT2D eigenvalue weighted by Gasteiger charge is 2.77. The Balaban J connectivity index is 1.43. The van der Waals surface area contributed by atoms with E-state index in [-0.39, 0.29) is 41.6 Å². The number of ketones is 1. The van der Waals surface area contributed by atoms with Crippen molar-refractivity contribution in [2.75, 3.05) is 0 Å².